The third kappa shape index (κ3) is 32.8. The number of anilines is 2. The number of esters is 1. The molecular formula is C54H73N11O27P3S4+. The number of nitrogen functional groups attached to an aromatic ring is 2. The summed E-state index contributed by atoms with van der Waals surface area (Å²) in [4.78, 5) is 94.0. The Morgan fingerprint density at radius 1 is 0.859 bits per heavy atom. The number of phosphoric ester groups is 1. The zero-order valence-electron chi connectivity index (χ0n) is 53.1. The predicted molar refractivity (Wildman–Crippen MR) is 353 cm³/mol. The van der Waals surface area contributed by atoms with Crippen molar-refractivity contribution in [2.75, 3.05) is 90.0 Å². The van der Waals surface area contributed by atoms with Gasteiger partial charge in [0.1, 0.15) is 42.2 Å². The van der Waals surface area contributed by atoms with Crippen molar-refractivity contribution in [1.29, 1.82) is 0 Å². The second-order valence-corrected chi connectivity index (χ2v) is 29.2. The summed E-state index contributed by atoms with van der Waals surface area (Å²) in [6.45, 7) is 7.29. The van der Waals surface area contributed by atoms with E-state index < -0.39 is 88.2 Å². The Morgan fingerprint density at radius 3 is 2.27 bits per heavy atom. The van der Waals surface area contributed by atoms with E-state index in [4.69, 9.17) is 90.3 Å². The van der Waals surface area contributed by atoms with Gasteiger partial charge in [0.25, 0.3) is 5.91 Å². The molecule has 0 spiro atoms. The summed E-state index contributed by atoms with van der Waals surface area (Å²) in [7, 11) is -20.0. The van der Waals surface area contributed by atoms with Gasteiger partial charge in [-0.25, -0.2) is 23.3 Å². The van der Waals surface area contributed by atoms with Gasteiger partial charge in [-0.2, -0.15) is 13.6 Å². The monoisotopic (exact) mass is 1530 g/mol. The van der Waals surface area contributed by atoms with Crippen LogP contribution in [0.1, 0.15) is 86.5 Å². The molecule has 1 fully saturated rings. The Hall–Kier alpha value is -7.16. The molecule has 0 bridgehead atoms. The number of hydrogen-bond donors (Lipinski definition) is 10. The topological polar surface area (TPSA) is 579 Å². The summed E-state index contributed by atoms with van der Waals surface area (Å²) in [5.41, 5.74) is 25.1. The molecule has 2 aromatic carbocycles. The quantitative estimate of drug-likeness (QED) is 0.00233. The van der Waals surface area contributed by atoms with E-state index in [2.05, 4.69) is 69.8 Å². The zero-order chi connectivity index (χ0) is 73.3. The molecule has 3 aliphatic rings. The molecule has 1 aromatic heterocycles. The summed E-state index contributed by atoms with van der Waals surface area (Å²) < 4.78 is 138. The third-order valence-electron chi connectivity index (χ3n) is 13.0. The maximum absolute atomic E-state index is 13.2. The minimum absolute atomic E-state index is 0.0460. The molecule has 3 unspecified atom stereocenters. The molecule has 1 saturated heterocycles. The summed E-state index contributed by atoms with van der Waals surface area (Å²) in [6.07, 6.45) is 0.934. The molecule has 1 aliphatic carbocycles. The van der Waals surface area contributed by atoms with Gasteiger partial charge in [0, 0.05) is 94.9 Å². The lowest BCUT2D eigenvalue weighted by Crippen LogP contribution is -2.44. The fraction of sp³-hybridized carbons (Fsp3) is 0.481. The Morgan fingerprint density at radius 2 is 1.57 bits per heavy atom. The SMILES string of the molecule is Cc1ccc(C(=O)NCCOCCOCCCC(=O)OCCC(C)(C)SSCOCCCCCNC(=O)NCC#Cc2cn([C@H]3CC(OCN=[N+]=[N-])[C@@H](COP(=O)(O)OP(=O)(O)OP(=O)(O)O)O3)c(=O)nc2N)cc1-c1c2ccc(=[NH2+])cc-2oc2cc(N)ccc12.O=S(=O)=O.O=S(=O)=O. The standard InChI is InChI=1S/C54H72N11O21P3S2.2O3S/c1-35-11-12-36(27-42(35)49-40-15-13-38(55)28-43(40)83-44-29-39(56)14-16-41(44)49)51(67)59-20-24-78-26-25-77-22-8-10-48(66)80-23-17-54(2,3)91-90-34-79-21-6-4-5-18-60-52(68)61-19-7-9-37-31-65(53(69)63-50(37)57)47-30-45(81-33-62-64-58)46(84-47)32-82-88(73,74)86-89(75,76)85-87(70,71)72;2*1-4(2)3/h11-16,27-29,31,45-47,55H,4-6,8,10,17-26,30,32-34,56H2,1-3H3,(H,59,67)(H,73,74)(H,75,76)(H2,57,63,69)(H2,60,61,68)(H2,70,71,72);;/p+1/t45?,46-,47-;;/m1../s1. The van der Waals surface area contributed by atoms with Crippen molar-refractivity contribution in [2.45, 2.75) is 88.9 Å². The van der Waals surface area contributed by atoms with Gasteiger partial charge in [-0.1, -0.05) is 44.6 Å². The van der Waals surface area contributed by atoms with Crippen LogP contribution in [0.15, 0.2) is 75.1 Å². The molecule has 38 nitrogen and oxygen atoms in total. The van der Waals surface area contributed by atoms with Crippen molar-refractivity contribution in [1.82, 2.24) is 25.5 Å². The first-order valence-corrected chi connectivity index (χ1v) is 37.9. The smallest absolute Gasteiger partial charge is 0.466 e. The number of nitrogens with two attached hydrogens (primary N) is 3. The first kappa shape index (κ1) is 84.3. The fourth-order valence-corrected chi connectivity index (χ4v) is 14.0. The number of urea groups is 1. The summed E-state index contributed by atoms with van der Waals surface area (Å²) in [5, 5.41) is 19.0. The molecular weight excluding hydrogens is 1460 g/mol. The number of ether oxygens (including phenoxy) is 6. The number of nitrogens with one attached hydrogen (secondary N) is 3. The zero-order valence-corrected chi connectivity index (χ0v) is 59.0. The van der Waals surface area contributed by atoms with Gasteiger partial charge in [-0.15, -0.1) is 25.3 Å². The predicted octanol–water partition coefficient (Wildman–Crippen LogP) is 3.30. The van der Waals surface area contributed by atoms with Crippen molar-refractivity contribution in [3.05, 3.63) is 104 Å². The van der Waals surface area contributed by atoms with E-state index in [1.54, 1.807) is 39.8 Å². The van der Waals surface area contributed by atoms with Gasteiger partial charge in [-0.3, -0.25) is 24.1 Å². The van der Waals surface area contributed by atoms with Crippen LogP contribution < -0.4 is 43.9 Å². The molecule has 99 heavy (non-hydrogen) atoms. The summed E-state index contributed by atoms with van der Waals surface area (Å²) >= 11 is 0. The highest BCUT2D eigenvalue weighted by atomic mass is 33.1. The maximum Gasteiger partial charge on any atom is 0.490 e. The number of unbranched alkanes of at least 4 members (excludes halogenated alkanes) is 2. The first-order chi connectivity index (χ1) is 46.7. The molecule has 0 radical (unpaired) electrons. The van der Waals surface area contributed by atoms with Gasteiger partial charge >= 0.3 is 62.4 Å². The maximum atomic E-state index is 13.2. The van der Waals surface area contributed by atoms with Crippen molar-refractivity contribution in [3.63, 3.8) is 0 Å². The highest BCUT2D eigenvalue weighted by molar-refractivity contribution is 8.77. The number of carbonyl (C=O) groups is 3. The van der Waals surface area contributed by atoms with E-state index in [0.717, 1.165) is 45.0 Å². The number of rotatable bonds is 37. The number of amides is 3. The lowest BCUT2D eigenvalue weighted by molar-refractivity contribution is -0.172. The van der Waals surface area contributed by atoms with Gasteiger partial charge < -0.3 is 79.8 Å². The number of hydrogen-bond acceptors (Lipinski definition) is 29. The van der Waals surface area contributed by atoms with E-state index in [-0.39, 0.29) is 60.6 Å². The van der Waals surface area contributed by atoms with E-state index in [1.165, 1.54) is 6.20 Å². The number of fused-ring (bicyclic) bond motifs is 2. The Labute approximate surface area is 575 Å². The average Bonchev–Trinajstić information content (AvgIpc) is 1.19. The molecule has 2 aliphatic heterocycles. The van der Waals surface area contributed by atoms with Crippen LogP contribution in [0, 0.1) is 18.8 Å². The molecule has 544 valence electrons. The minimum atomic E-state index is -5.82. The second kappa shape index (κ2) is 42.2. The normalized spacial score (nSPS) is 15.4. The first-order valence-electron chi connectivity index (χ1n) is 29.1. The summed E-state index contributed by atoms with van der Waals surface area (Å²) in [5.74, 6) is 5.68. The number of azide groups is 1. The van der Waals surface area contributed by atoms with Crippen LogP contribution in [-0.2, 0) is 81.3 Å². The van der Waals surface area contributed by atoms with Gasteiger partial charge in [-0.05, 0) is 99.9 Å². The Bertz CT molecular complexity index is 4130. The molecule has 3 heterocycles. The number of benzene rings is 3. The molecule has 6 rings (SSSR count). The fourth-order valence-electron chi connectivity index (χ4n) is 8.67. The van der Waals surface area contributed by atoms with Crippen LogP contribution in [0.5, 0.6) is 0 Å². The van der Waals surface area contributed by atoms with Crippen LogP contribution in [0.4, 0.5) is 16.3 Å². The summed E-state index contributed by atoms with van der Waals surface area (Å²) in [6, 6.07) is 16.1. The molecule has 5 atom stereocenters. The second-order valence-electron chi connectivity index (χ2n) is 21.0. The van der Waals surface area contributed by atoms with E-state index in [9.17, 15) is 42.7 Å². The van der Waals surface area contributed by atoms with E-state index in [0.29, 0.717) is 92.7 Å². The lowest BCUT2D eigenvalue weighted by Gasteiger charge is -2.22. The molecule has 13 N–H and O–H groups in total. The third-order valence-corrected chi connectivity index (χ3v) is 19.8. The van der Waals surface area contributed by atoms with Crippen LogP contribution in [-0.4, -0.2) is 168 Å². The lowest BCUT2D eigenvalue weighted by atomic mass is 9.90. The largest absolute Gasteiger partial charge is 0.490 e. The highest BCUT2D eigenvalue weighted by Gasteiger charge is 2.44. The molecule has 0 saturated carbocycles. The van der Waals surface area contributed by atoms with Crippen molar-refractivity contribution < 1.29 is 124 Å². The average molecular weight is 1530 g/mol. The van der Waals surface area contributed by atoms with Crippen molar-refractivity contribution in [2.24, 2.45) is 5.11 Å². The van der Waals surface area contributed by atoms with E-state index >= 15 is 0 Å². The molecule has 3 amide bonds. The Balaban J connectivity index is 0.00000246. The number of phosphoric acid groups is 3. The Kier molecular flexibility index (Phi) is 35.9. The van der Waals surface area contributed by atoms with Crippen molar-refractivity contribution >= 4 is 107 Å². The van der Waals surface area contributed by atoms with E-state index in [1.807, 2.05) is 43.3 Å². The number of nitrogens with zero attached hydrogens (tertiary/aromatic N) is 5. The van der Waals surface area contributed by atoms with Crippen LogP contribution >= 0.6 is 45.1 Å². The van der Waals surface area contributed by atoms with Crippen LogP contribution in [0.3, 0.4) is 0 Å². The van der Waals surface area contributed by atoms with Crippen LogP contribution in [0.2, 0.25) is 0 Å². The van der Waals surface area contributed by atoms with Gasteiger partial charge in [0.05, 0.1) is 57.3 Å². The van der Waals surface area contributed by atoms with Gasteiger partial charge in [0.2, 0.25) is 0 Å². The number of aromatic nitrogens is 2. The number of carbonyl (C=O) groups excluding carboxylic acids is 3. The van der Waals surface area contributed by atoms with Gasteiger partial charge in [0.15, 0.2) is 5.36 Å². The number of aryl methyl sites for hydroxylation is 1. The van der Waals surface area contributed by atoms with Crippen molar-refractivity contribution in [3.8, 4) is 34.3 Å². The van der Waals surface area contributed by atoms with Crippen LogP contribution in [0.25, 0.3) is 43.9 Å². The highest BCUT2D eigenvalue weighted by Crippen LogP contribution is 2.66. The molecule has 3 aromatic rings. The minimum Gasteiger partial charge on any atom is -0.466 e. The molecule has 45 heteroatoms.